The summed E-state index contributed by atoms with van der Waals surface area (Å²) < 4.78 is 43.1. The smallest absolute Gasteiger partial charge is 0.255 e. The first-order valence-corrected chi connectivity index (χ1v) is 15.1. The lowest BCUT2D eigenvalue weighted by Crippen LogP contribution is -2.24. The highest BCUT2D eigenvalue weighted by atomic mass is 127. The average Bonchev–Trinajstić information content (AvgIpc) is 3.13. The summed E-state index contributed by atoms with van der Waals surface area (Å²) in [4.78, 5) is 26.7. The van der Waals surface area contributed by atoms with Crippen molar-refractivity contribution in [2.24, 2.45) is 0 Å². The first-order valence-electron chi connectivity index (χ1n) is 10.6. The lowest BCUT2D eigenvalue weighted by Gasteiger charge is -2.16. The topological polar surface area (TPSA) is 130 Å². The third kappa shape index (κ3) is 6.66. The van der Waals surface area contributed by atoms with Crippen LogP contribution in [0.4, 0.5) is 0 Å². The monoisotopic (exact) mass is 619 g/mol. The molecule has 0 aliphatic heterocycles. The van der Waals surface area contributed by atoms with Gasteiger partial charge >= 0.3 is 0 Å². The zero-order valence-electron chi connectivity index (χ0n) is 19.1. The van der Waals surface area contributed by atoms with E-state index in [9.17, 15) is 22.7 Å². The average molecular weight is 619 g/mol. The lowest BCUT2D eigenvalue weighted by molar-refractivity contribution is 0.0964. The minimum absolute atomic E-state index is 0.0334. The van der Waals surface area contributed by atoms with Gasteiger partial charge in [0.05, 0.1) is 23.2 Å². The highest BCUT2D eigenvalue weighted by molar-refractivity contribution is 14.1. The van der Waals surface area contributed by atoms with Crippen molar-refractivity contribution in [2.45, 2.75) is 26.3 Å². The van der Waals surface area contributed by atoms with E-state index in [0.29, 0.717) is 38.8 Å². The van der Waals surface area contributed by atoms with Gasteiger partial charge in [0.15, 0.2) is 7.37 Å². The fourth-order valence-electron chi connectivity index (χ4n) is 3.50. The fraction of sp³-hybridized carbons (Fsp3) is 0.364. The molecule has 184 valence electrons. The number of amides is 1. The third-order valence-corrected chi connectivity index (χ3v) is 8.16. The van der Waals surface area contributed by atoms with Gasteiger partial charge in [0.1, 0.15) is 5.76 Å². The number of halogens is 1. The molecule has 2 N–H and O–H groups in total. The Morgan fingerprint density at radius 3 is 2.53 bits per heavy atom. The number of hydrogen-bond acceptors (Lipinski definition) is 6. The summed E-state index contributed by atoms with van der Waals surface area (Å²) >= 11 is 2.07. The molecule has 0 radical (unpaired) electrons. The molecule has 1 unspecified atom stereocenters. The first-order chi connectivity index (χ1) is 16.0. The van der Waals surface area contributed by atoms with Gasteiger partial charge in [0.25, 0.3) is 5.91 Å². The molecule has 0 aliphatic rings. The molecule has 2 heterocycles. The molecule has 2 aromatic heterocycles. The van der Waals surface area contributed by atoms with E-state index >= 15 is 0 Å². The van der Waals surface area contributed by atoms with Crippen LogP contribution in [0.5, 0.6) is 0 Å². The van der Waals surface area contributed by atoms with E-state index < -0.39 is 18.3 Å². The molecular formula is C22H27IN3O6PS. The van der Waals surface area contributed by atoms with Gasteiger partial charge in [-0.05, 0) is 48.4 Å². The number of nitrogens with zero attached hydrogens (tertiary/aromatic N) is 2. The van der Waals surface area contributed by atoms with Crippen molar-refractivity contribution in [3.63, 3.8) is 0 Å². The van der Waals surface area contributed by atoms with E-state index in [0.717, 1.165) is 11.1 Å². The summed E-state index contributed by atoms with van der Waals surface area (Å²) in [6, 6.07) is 9.37. The predicted octanol–water partition coefficient (Wildman–Crippen LogP) is 3.78. The van der Waals surface area contributed by atoms with Crippen LogP contribution >= 0.6 is 30.0 Å². The van der Waals surface area contributed by atoms with Gasteiger partial charge in [0, 0.05) is 35.6 Å². The second kappa shape index (κ2) is 11.3. The zero-order valence-corrected chi connectivity index (χ0v) is 23.0. The number of furan rings is 1. The molecular weight excluding hydrogens is 592 g/mol. The molecule has 0 aliphatic carbocycles. The predicted molar refractivity (Wildman–Crippen MR) is 141 cm³/mol. The molecule has 0 spiro atoms. The molecule has 0 bridgehead atoms. The van der Waals surface area contributed by atoms with Crippen LogP contribution in [0.25, 0.3) is 22.4 Å². The van der Waals surface area contributed by atoms with Crippen LogP contribution in [0.15, 0.2) is 34.7 Å². The van der Waals surface area contributed by atoms with Gasteiger partial charge in [0.2, 0.25) is 16.6 Å². The molecule has 0 fully saturated rings. The molecule has 1 amide bonds. The second-order valence-corrected chi connectivity index (χ2v) is 12.9. The first kappa shape index (κ1) is 26.8. The summed E-state index contributed by atoms with van der Waals surface area (Å²) in [5, 5.41) is 3.19. The van der Waals surface area contributed by atoms with Crippen molar-refractivity contribution in [1.82, 2.24) is 14.6 Å². The highest BCUT2D eigenvalue weighted by Crippen LogP contribution is 2.36. The van der Waals surface area contributed by atoms with Gasteiger partial charge < -0.3 is 14.6 Å². The number of carbonyl (C=O) groups is 1. The minimum atomic E-state index is -3.12. The van der Waals surface area contributed by atoms with E-state index in [4.69, 9.17) is 4.42 Å². The van der Waals surface area contributed by atoms with Gasteiger partial charge in [-0.25, -0.2) is 13.4 Å². The second-order valence-electron chi connectivity index (χ2n) is 8.13. The maximum Gasteiger partial charge on any atom is 0.255 e. The molecule has 1 atom stereocenters. The van der Waals surface area contributed by atoms with Gasteiger partial charge in [-0.3, -0.25) is 9.36 Å². The molecule has 9 nitrogen and oxygen atoms in total. The Balaban J connectivity index is 1.95. The summed E-state index contributed by atoms with van der Waals surface area (Å²) in [6.45, 7) is 3.51. The Bertz CT molecular complexity index is 1310. The van der Waals surface area contributed by atoms with E-state index in [1.807, 2.05) is 31.2 Å². The Morgan fingerprint density at radius 1 is 1.26 bits per heavy atom. The number of nitrogens with one attached hydrogen (secondary N) is 1. The van der Waals surface area contributed by atoms with Crippen LogP contribution in [0.2, 0.25) is 0 Å². The lowest BCUT2D eigenvalue weighted by atomic mass is 10.0. The quantitative estimate of drug-likeness (QED) is 0.136. The van der Waals surface area contributed by atoms with Crippen molar-refractivity contribution < 1.29 is 27.1 Å². The summed E-state index contributed by atoms with van der Waals surface area (Å²) in [5.41, 5.74) is 2.93. The van der Waals surface area contributed by atoms with Gasteiger partial charge in [-0.15, -0.1) is 0 Å². The third-order valence-electron chi connectivity index (χ3n) is 5.28. The van der Waals surface area contributed by atoms with Gasteiger partial charge in [-0.2, -0.15) is 4.31 Å². The molecule has 34 heavy (non-hydrogen) atoms. The minimum Gasteiger partial charge on any atom is -0.437 e. The van der Waals surface area contributed by atoms with Crippen LogP contribution in [0.1, 0.15) is 34.5 Å². The molecule has 3 aromatic rings. The van der Waals surface area contributed by atoms with Crippen molar-refractivity contribution in [1.29, 1.82) is 0 Å². The van der Waals surface area contributed by atoms with Gasteiger partial charge in [-0.1, -0.05) is 29.8 Å². The Labute approximate surface area is 213 Å². The fourth-order valence-corrected chi connectivity index (χ4v) is 5.46. The number of unbranched alkanes of at least 4 members (excludes halogenated alkanes) is 1. The van der Waals surface area contributed by atoms with E-state index in [2.05, 4.69) is 32.9 Å². The van der Waals surface area contributed by atoms with Crippen LogP contribution in [0, 0.1) is 10.5 Å². The molecule has 3 rings (SSSR count). The van der Waals surface area contributed by atoms with E-state index in [1.54, 1.807) is 13.1 Å². The number of aryl methyl sites for hydroxylation is 1. The molecule has 12 heteroatoms. The van der Waals surface area contributed by atoms with Crippen LogP contribution in [-0.4, -0.2) is 54.9 Å². The highest BCUT2D eigenvalue weighted by Gasteiger charge is 2.24. The Kier molecular flexibility index (Phi) is 8.91. The maximum atomic E-state index is 12.7. The SMILES string of the molecule is CNC(=O)c1c(-c2ccc(C)cc2)oc2nc(CN(CCCCP(C)(=O)O)[SH](=O)=O)c(I)cc12. The number of thiol groups is 1. The molecule has 0 saturated carbocycles. The number of fused-ring (bicyclic) bond motifs is 1. The van der Waals surface area contributed by atoms with E-state index in [1.165, 1.54) is 11.0 Å². The van der Waals surface area contributed by atoms with Crippen molar-refractivity contribution >= 4 is 57.9 Å². The number of aromatic nitrogens is 1. The van der Waals surface area contributed by atoms with Crippen LogP contribution in [0.3, 0.4) is 0 Å². The number of carbonyl (C=O) groups excluding carboxylic acids is 1. The normalized spacial score (nSPS) is 13.5. The Morgan fingerprint density at radius 2 is 1.94 bits per heavy atom. The summed E-state index contributed by atoms with van der Waals surface area (Å²) in [5.74, 6) is 0.0931. The van der Waals surface area contributed by atoms with Crippen LogP contribution < -0.4 is 5.32 Å². The Hall–Kier alpha value is -1.79. The van der Waals surface area contributed by atoms with E-state index in [-0.39, 0.29) is 30.9 Å². The number of hydrogen-bond donors (Lipinski definition) is 3. The zero-order chi connectivity index (χ0) is 25.0. The largest absolute Gasteiger partial charge is 0.437 e. The number of pyridine rings is 1. The number of benzene rings is 1. The van der Waals surface area contributed by atoms with Crippen molar-refractivity contribution in [3.05, 3.63) is 50.7 Å². The standard InChI is InChI=1S/C22H27IN3O6PS/c1-14-6-8-15(9-7-14)20-19(21(27)24-2)16-12-17(23)18(25-22(16)32-20)13-26(34(30)31)10-4-5-11-33(3,28)29/h6-9,12,34H,4-5,10-11,13H2,1-3H3,(H,24,27)(H,28,29). The summed E-state index contributed by atoms with van der Waals surface area (Å²) in [6.07, 6.45) is 1.05. The van der Waals surface area contributed by atoms with Crippen molar-refractivity contribution in [2.75, 3.05) is 26.4 Å². The molecule has 0 saturated heterocycles. The van der Waals surface area contributed by atoms with Crippen LogP contribution in [-0.2, 0) is 22.0 Å². The number of rotatable bonds is 10. The summed E-state index contributed by atoms with van der Waals surface area (Å²) in [7, 11) is -4.45. The maximum absolute atomic E-state index is 12.7. The molecule has 1 aromatic carbocycles. The van der Waals surface area contributed by atoms with Crippen molar-refractivity contribution in [3.8, 4) is 11.3 Å².